The normalized spacial score (nSPS) is 14.0. The number of phenols is 1. The highest BCUT2D eigenvalue weighted by molar-refractivity contribution is 5.82. The number of aromatic hydroxyl groups is 1. The van der Waals surface area contributed by atoms with Crippen LogP contribution < -0.4 is 4.74 Å². The predicted molar refractivity (Wildman–Crippen MR) is 138 cm³/mol. The van der Waals surface area contributed by atoms with Gasteiger partial charge in [0.1, 0.15) is 22.9 Å². The standard InChI is InChI=1S/C29H42O5/c1-8-29(6,34-27-17-15-25(30)19-24(27)20-28(32)33-7)18-10-12-22(4)11-9-13-23(5)26(31)16-14-21(2)3/h8,12,14-15,17,19,23,30H,1,9-11,13,16,18,20H2,2-7H3/b22-12-/t23-,29+/m1/s1. The van der Waals surface area contributed by atoms with Crippen LogP contribution in [0.2, 0.25) is 0 Å². The zero-order chi connectivity index (χ0) is 25.7. The van der Waals surface area contributed by atoms with Crippen molar-refractivity contribution in [1.82, 2.24) is 0 Å². The number of ketones is 1. The topological polar surface area (TPSA) is 72.8 Å². The van der Waals surface area contributed by atoms with Gasteiger partial charge in [-0.2, -0.15) is 0 Å². The smallest absolute Gasteiger partial charge is 0.310 e. The Hall–Kier alpha value is -2.82. The molecule has 0 aliphatic heterocycles. The van der Waals surface area contributed by atoms with Crippen LogP contribution in [0.4, 0.5) is 0 Å². The SMILES string of the molecule is C=C[C@@](C)(CC/C=C(/C)CCC[C@@H](C)C(=O)CC=C(C)C)Oc1ccc(O)cc1CC(=O)OC. The lowest BCUT2D eigenvalue weighted by Crippen LogP contribution is -2.30. The van der Waals surface area contributed by atoms with E-state index in [9.17, 15) is 14.7 Å². The maximum Gasteiger partial charge on any atom is 0.310 e. The summed E-state index contributed by atoms with van der Waals surface area (Å²) in [6.07, 6.45) is 10.9. The Bertz CT molecular complexity index is 892. The Morgan fingerprint density at radius 2 is 1.91 bits per heavy atom. The minimum Gasteiger partial charge on any atom is -0.508 e. The lowest BCUT2D eigenvalue weighted by Gasteiger charge is -2.28. The molecule has 5 nitrogen and oxygen atoms in total. The third-order valence-electron chi connectivity index (χ3n) is 5.98. The molecule has 1 aromatic rings. The van der Waals surface area contributed by atoms with Gasteiger partial charge in [0.25, 0.3) is 0 Å². The Labute approximate surface area is 205 Å². The predicted octanol–water partition coefficient (Wildman–Crippen LogP) is 6.89. The average Bonchev–Trinajstić information content (AvgIpc) is 2.79. The Morgan fingerprint density at radius 3 is 2.53 bits per heavy atom. The fourth-order valence-electron chi connectivity index (χ4n) is 3.54. The Morgan fingerprint density at radius 1 is 1.21 bits per heavy atom. The van der Waals surface area contributed by atoms with E-state index in [0.717, 1.165) is 25.7 Å². The van der Waals surface area contributed by atoms with Gasteiger partial charge in [0.2, 0.25) is 0 Å². The van der Waals surface area contributed by atoms with Gasteiger partial charge in [-0.15, -0.1) is 0 Å². The van der Waals surface area contributed by atoms with Crippen LogP contribution in [-0.4, -0.2) is 29.6 Å². The molecule has 0 amide bonds. The highest BCUT2D eigenvalue weighted by Gasteiger charge is 2.24. The lowest BCUT2D eigenvalue weighted by molar-refractivity contribution is -0.139. The number of Topliss-reactive ketones (excluding diaryl/α,β-unsaturated/α-hetero) is 1. The summed E-state index contributed by atoms with van der Waals surface area (Å²) in [5, 5.41) is 9.81. The molecule has 0 aliphatic carbocycles. The van der Waals surface area contributed by atoms with E-state index in [2.05, 4.69) is 19.6 Å². The maximum absolute atomic E-state index is 12.2. The second kappa shape index (κ2) is 14.4. The van der Waals surface area contributed by atoms with Crippen molar-refractivity contribution >= 4 is 11.8 Å². The molecule has 0 saturated heterocycles. The van der Waals surface area contributed by atoms with Crippen molar-refractivity contribution in [1.29, 1.82) is 0 Å². The molecule has 0 heterocycles. The molecule has 1 aromatic carbocycles. The molecule has 0 aromatic heterocycles. The summed E-state index contributed by atoms with van der Waals surface area (Å²) in [6, 6.07) is 4.72. The molecular formula is C29H42O5. The number of carbonyl (C=O) groups is 2. The summed E-state index contributed by atoms with van der Waals surface area (Å²) in [7, 11) is 1.33. The van der Waals surface area contributed by atoms with Gasteiger partial charge in [-0.3, -0.25) is 9.59 Å². The average molecular weight is 471 g/mol. The van der Waals surface area contributed by atoms with Gasteiger partial charge in [0.15, 0.2) is 0 Å². The van der Waals surface area contributed by atoms with Gasteiger partial charge < -0.3 is 14.6 Å². The van der Waals surface area contributed by atoms with Crippen LogP contribution in [-0.2, 0) is 20.7 Å². The molecule has 0 saturated carbocycles. The number of esters is 1. The molecule has 0 radical (unpaired) electrons. The number of ether oxygens (including phenoxy) is 2. The zero-order valence-corrected chi connectivity index (χ0v) is 21.8. The van der Waals surface area contributed by atoms with Crippen molar-refractivity contribution in [3.05, 3.63) is 59.7 Å². The molecule has 0 aliphatic rings. The Kier molecular flexibility index (Phi) is 12.4. The molecule has 1 N–H and O–H groups in total. The van der Waals surface area contributed by atoms with E-state index in [1.54, 1.807) is 12.1 Å². The quantitative estimate of drug-likeness (QED) is 0.223. The van der Waals surface area contributed by atoms with Crippen LogP contribution in [0.5, 0.6) is 11.5 Å². The fraction of sp³-hybridized carbons (Fsp3) is 0.517. The van der Waals surface area contributed by atoms with Gasteiger partial charge in [-0.25, -0.2) is 0 Å². The van der Waals surface area contributed by atoms with Crippen LogP contribution in [0.25, 0.3) is 0 Å². The summed E-state index contributed by atoms with van der Waals surface area (Å²) < 4.78 is 11.0. The molecule has 2 atom stereocenters. The second-order valence-corrected chi connectivity index (χ2v) is 9.50. The molecule has 1 rings (SSSR count). The minimum atomic E-state index is -0.634. The first-order valence-electron chi connectivity index (χ1n) is 12.0. The first kappa shape index (κ1) is 29.2. The molecule has 0 unspecified atom stereocenters. The number of methoxy groups -OCH3 is 1. The monoisotopic (exact) mass is 470 g/mol. The summed E-state index contributed by atoms with van der Waals surface area (Å²) >= 11 is 0. The van der Waals surface area contributed by atoms with E-state index in [0.29, 0.717) is 29.9 Å². The molecule has 0 bridgehead atoms. The highest BCUT2D eigenvalue weighted by atomic mass is 16.5. The fourth-order valence-corrected chi connectivity index (χ4v) is 3.54. The number of hydrogen-bond donors (Lipinski definition) is 1. The summed E-state index contributed by atoms with van der Waals surface area (Å²) in [5.74, 6) is 0.589. The third kappa shape index (κ3) is 10.9. The van der Waals surface area contributed by atoms with Gasteiger partial charge in [-0.1, -0.05) is 36.8 Å². The van der Waals surface area contributed by atoms with E-state index in [-0.39, 0.29) is 18.1 Å². The minimum absolute atomic E-state index is 0.0156. The Balaban J connectivity index is 2.63. The van der Waals surface area contributed by atoms with E-state index in [1.165, 1.54) is 30.4 Å². The summed E-state index contributed by atoms with van der Waals surface area (Å²) in [5.41, 5.74) is 2.41. The zero-order valence-electron chi connectivity index (χ0n) is 21.8. The number of benzene rings is 1. The molecule has 0 fully saturated rings. The lowest BCUT2D eigenvalue weighted by atomic mass is 9.94. The van der Waals surface area contributed by atoms with Gasteiger partial charge in [-0.05, 0) is 84.1 Å². The van der Waals surface area contributed by atoms with Crippen LogP contribution in [0, 0.1) is 5.92 Å². The molecule has 34 heavy (non-hydrogen) atoms. The van der Waals surface area contributed by atoms with Crippen molar-refractivity contribution in [3.63, 3.8) is 0 Å². The highest BCUT2D eigenvalue weighted by Crippen LogP contribution is 2.30. The van der Waals surface area contributed by atoms with Gasteiger partial charge in [0.05, 0.1) is 13.5 Å². The van der Waals surface area contributed by atoms with Crippen molar-refractivity contribution in [2.24, 2.45) is 5.92 Å². The van der Waals surface area contributed by atoms with Gasteiger partial charge in [0, 0.05) is 17.9 Å². The largest absolute Gasteiger partial charge is 0.508 e. The van der Waals surface area contributed by atoms with E-state index in [1.807, 2.05) is 33.8 Å². The third-order valence-corrected chi connectivity index (χ3v) is 5.98. The molecular weight excluding hydrogens is 428 g/mol. The van der Waals surface area contributed by atoms with E-state index < -0.39 is 11.6 Å². The number of hydrogen-bond acceptors (Lipinski definition) is 5. The first-order valence-corrected chi connectivity index (χ1v) is 12.0. The van der Waals surface area contributed by atoms with E-state index in [4.69, 9.17) is 9.47 Å². The van der Waals surface area contributed by atoms with Crippen LogP contribution in [0.15, 0.2) is 54.2 Å². The molecule has 188 valence electrons. The molecule has 5 heteroatoms. The van der Waals surface area contributed by atoms with Crippen LogP contribution >= 0.6 is 0 Å². The molecule has 0 spiro atoms. The maximum atomic E-state index is 12.2. The van der Waals surface area contributed by atoms with Crippen molar-refractivity contribution in [2.45, 2.75) is 85.2 Å². The second-order valence-electron chi connectivity index (χ2n) is 9.50. The first-order chi connectivity index (χ1) is 16.0. The van der Waals surface area contributed by atoms with Crippen molar-refractivity contribution in [3.8, 4) is 11.5 Å². The summed E-state index contributed by atoms with van der Waals surface area (Å²) in [6.45, 7) is 14.1. The number of carbonyl (C=O) groups excluding carboxylic acids is 2. The number of rotatable bonds is 15. The van der Waals surface area contributed by atoms with Gasteiger partial charge >= 0.3 is 5.97 Å². The van der Waals surface area contributed by atoms with Crippen LogP contribution in [0.1, 0.15) is 78.7 Å². The summed E-state index contributed by atoms with van der Waals surface area (Å²) in [4.78, 5) is 23.9. The van der Waals surface area contributed by atoms with E-state index >= 15 is 0 Å². The number of allylic oxidation sites excluding steroid dienone is 4. The van der Waals surface area contributed by atoms with Crippen molar-refractivity contribution < 1.29 is 24.2 Å². The van der Waals surface area contributed by atoms with Crippen LogP contribution in [0.3, 0.4) is 0 Å². The number of phenolic OH excluding ortho intramolecular Hbond substituents is 1. The van der Waals surface area contributed by atoms with Crippen molar-refractivity contribution in [2.75, 3.05) is 7.11 Å².